The van der Waals surface area contributed by atoms with E-state index in [0.29, 0.717) is 19.8 Å². The number of likely N-dealkylation sites (N-methyl/N-ethyl adjacent to an activating group) is 1. The van der Waals surface area contributed by atoms with Crippen molar-refractivity contribution in [1.29, 1.82) is 0 Å². The molecule has 104 valence electrons. The number of rotatable bonds is 8. The molecule has 1 aromatic heterocycles. The van der Waals surface area contributed by atoms with Crippen LogP contribution in [-0.4, -0.2) is 49.8 Å². The first-order chi connectivity index (χ1) is 8.60. The SMILES string of the molecule is CNC(COCCOC)Cc1c(Br)c(C)nn1C. The molecule has 0 bridgehead atoms. The predicted molar refractivity (Wildman–Crippen MR) is 74.9 cm³/mol. The quantitative estimate of drug-likeness (QED) is 0.733. The Morgan fingerprint density at radius 3 is 2.67 bits per heavy atom. The average molecular weight is 320 g/mol. The van der Waals surface area contributed by atoms with Crippen LogP contribution in [0, 0.1) is 6.92 Å². The lowest BCUT2D eigenvalue weighted by molar-refractivity contribution is 0.0595. The number of halogens is 1. The summed E-state index contributed by atoms with van der Waals surface area (Å²) < 4.78 is 13.5. The minimum Gasteiger partial charge on any atom is -0.382 e. The zero-order valence-corrected chi connectivity index (χ0v) is 13.1. The molecule has 1 heterocycles. The number of ether oxygens (including phenoxy) is 2. The summed E-state index contributed by atoms with van der Waals surface area (Å²) in [4.78, 5) is 0. The monoisotopic (exact) mass is 319 g/mol. The van der Waals surface area contributed by atoms with Crippen molar-refractivity contribution in [1.82, 2.24) is 15.1 Å². The van der Waals surface area contributed by atoms with E-state index < -0.39 is 0 Å². The molecule has 0 aliphatic rings. The molecular formula is C12H22BrN3O2. The van der Waals surface area contributed by atoms with Crippen molar-refractivity contribution >= 4 is 15.9 Å². The van der Waals surface area contributed by atoms with Crippen molar-refractivity contribution in [2.45, 2.75) is 19.4 Å². The first kappa shape index (κ1) is 15.6. The standard InChI is InChI=1S/C12H22BrN3O2/c1-9-12(13)11(16(3)15-9)7-10(14-2)8-18-6-5-17-4/h10,14H,5-8H2,1-4H3. The molecule has 0 aliphatic carbocycles. The van der Waals surface area contributed by atoms with Gasteiger partial charge in [0.05, 0.1) is 35.7 Å². The first-order valence-corrected chi connectivity index (χ1v) is 6.81. The van der Waals surface area contributed by atoms with E-state index in [1.165, 1.54) is 5.69 Å². The third-order valence-electron chi connectivity index (χ3n) is 2.86. The molecule has 0 saturated heterocycles. The van der Waals surface area contributed by atoms with Gasteiger partial charge >= 0.3 is 0 Å². The van der Waals surface area contributed by atoms with E-state index in [0.717, 1.165) is 16.6 Å². The fraction of sp³-hybridized carbons (Fsp3) is 0.750. The fourth-order valence-corrected chi connectivity index (χ4v) is 2.25. The van der Waals surface area contributed by atoms with E-state index in [1.54, 1.807) is 7.11 Å². The van der Waals surface area contributed by atoms with Gasteiger partial charge < -0.3 is 14.8 Å². The molecule has 0 radical (unpaired) electrons. The molecule has 1 unspecified atom stereocenters. The van der Waals surface area contributed by atoms with Gasteiger partial charge in [0.15, 0.2) is 0 Å². The maximum absolute atomic E-state index is 5.55. The molecule has 6 heteroatoms. The second-order valence-corrected chi connectivity index (χ2v) is 5.02. The summed E-state index contributed by atoms with van der Waals surface area (Å²) in [5.74, 6) is 0. The lowest BCUT2D eigenvalue weighted by Crippen LogP contribution is -2.33. The van der Waals surface area contributed by atoms with E-state index in [1.807, 2.05) is 25.7 Å². The van der Waals surface area contributed by atoms with Crippen LogP contribution in [0.1, 0.15) is 11.4 Å². The molecule has 0 amide bonds. The first-order valence-electron chi connectivity index (χ1n) is 6.02. The van der Waals surface area contributed by atoms with Crippen molar-refractivity contribution in [3.63, 3.8) is 0 Å². The van der Waals surface area contributed by atoms with Gasteiger partial charge in [0.1, 0.15) is 0 Å². The summed E-state index contributed by atoms with van der Waals surface area (Å²) in [5.41, 5.74) is 2.20. The normalized spacial score (nSPS) is 12.9. The van der Waals surface area contributed by atoms with Crippen molar-refractivity contribution in [3.05, 3.63) is 15.9 Å². The molecule has 0 saturated carbocycles. The summed E-state index contributed by atoms with van der Waals surface area (Å²) in [6.07, 6.45) is 0.876. The summed E-state index contributed by atoms with van der Waals surface area (Å²) in [7, 11) is 5.58. The molecule has 0 aliphatic heterocycles. The molecule has 0 aromatic carbocycles. The summed E-state index contributed by atoms with van der Waals surface area (Å²) in [5, 5.41) is 7.65. The second-order valence-electron chi connectivity index (χ2n) is 4.23. The Morgan fingerprint density at radius 1 is 1.44 bits per heavy atom. The molecule has 1 aromatic rings. The van der Waals surface area contributed by atoms with E-state index >= 15 is 0 Å². The fourth-order valence-electron chi connectivity index (χ4n) is 1.75. The van der Waals surface area contributed by atoms with Gasteiger partial charge in [-0.1, -0.05) is 0 Å². The number of hydrogen-bond donors (Lipinski definition) is 1. The maximum Gasteiger partial charge on any atom is 0.0738 e. The van der Waals surface area contributed by atoms with Crippen LogP contribution in [0.5, 0.6) is 0 Å². The summed E-state index contributed by atoms with van der Waals surface area (Å²) >= 11 is 3.58. The van der Waals surface area contributed by atoms with Gasteiger partial charge in [-0.05, 0) is 29.9 Å². The van der Waals surface area contributed by atoms with Gasteiger partial charge in [0.25, 0.3) is 0 Å². The zero-order valence-electron chi connectivity index (χ0n) is 11.5. The highest BCUT2D eigenvalue weighted by atomic mass is 79.9. The Morgan fingerprint density at radius 2 is 2.17 bits per heavy atom. The number of methoxy groups -OCH3 is 1. The van der Waals surface area contributed by atoms with Crippen LogP contribution in [0.2, 0.25) is 0 Å². The molecular weight excluding hydrogens is 298 g/mol. The van der Waals surface area contributed by atoms with Crippen molar-refractivity contribution < 1.29 is 9.47 Å². The highest BCUT2D eigenvalue weighted by molar-refractivity contribution is 9.10. The molecule has 1 atom stereocenters. The Hall–Kier alpha value is -0.430. The van der Waals surface area contributed by atoms with Crippen LogP contribution < -0.4 is 5.32 Å². The van der Waals surface area contributed by atoms with Crippen LogP contribution in [0.25, 0.3) is 0 Å². The summed E-state index contributed by atoms with van der Waals surface area (Å²) in [6, 6.07) is 0.271. The molecule has 0 spiro atoms. The highest BCUT2D eigenvalue weighted by Crippen LogP contribution is 2.21. The number of aromatic nitrogens is 2. The smallest absolute Gasteiger partial charge is 0.0738 e. The maximum atomic E-state index is 5.55. The van der Waals surface area contributed by atoms with Crippen molar-refractivity contribution in [2.75, 3.05) is 34.0 Å². The van der Waals surface area contributed by atoms with Gasteiger partial charge in [-0.25, -0.2) is 0 Å². The number of aryl methyl sites for hydroxylation is 2. The van der Waals surface area contributed by atoms with Crippen molar-refractivity contribution in [3.8, 4) is 0 Å². The predicted octanol–water partition coefficient (Wildman–Crippen LogP) is 1.28. The van der Waals surface area contributed by atoms with Gasteiger partial charge in [0.2, 0.25) is 0 Å². The van der Waals surface area contributed by atoms with Gasteiger partial charge in [-0.2, -0.15) is 5.10 Å². The largest absolute Gasteiger partial charge is 0.382 e. The number of nitrogens with zero attached hydrogens (tertiary/aromatic N) is 2. The lowest BCUT2D eigenvalue weighted by atomic mass is 10.1. The Bertz CT molecular complexity index is 368. The van der Waals surface area contributed by atoms with Crippen LogP contribution in [0.4, 0.5) is 0 Å². The number of nitrogens with one attached hydrogen (secondary N) is 1. The van der Waals surface area contributed by atoms with Gasteiger partial charge in [-0.3, -0.25) is 4.68 Å². The summed E-state index contributed by atoms with van der Waals surface area (Å²) in [6.45, 7) is 3.92. The molecule has 5 nitrogen and oxygen atoms in total. The van der Waals surface area contributed by atoms with Crippen LogP contribution in [-0.2, 0) is 22.9 Å². The second kappa shape index (κ2) is 7.89. The number of hydrogen-bond acceptors (Lipinski definition) is 4. The van der Waals surface area contributed by atoms with Crippen LogP contribution in [0.15, 0.2) is 4.47 Å². The van der Waals surface area contributed by atoms with Gasteiger partial charge in [0, 0.05) is 26.6 Å². The van der Waals surface area contributed by atoms with E-state index in [2.05, 4.69) is 26.3 Å². The topological polar surface area (TPSA) is 48.3 Å². The van der Waals surface area contributed by atoms with Crippen LogP contribution in [0.3, 0.4) is 0 Å². The third-order valence-corrected chi connectivity index (χ3v) is 3.89. The Labute approximate surface area is 117 Å². The zero-order chi connectivity index (χ0) is 13.5. The van der Waals surface area contributed by atoms with Crippen molar-refractivity contribution in [2.24, 2.45) is 7.05 Å². The van der Waals surface area contributed by atoms with E-state index in [-0.39, 0.29) is 6.04 Å². The Kier molecular flexibility index (Phi) is 6.85. The minimum absolute atomic E-state index is 0.271. The average Bonchev–Trinajstić information content (AvgIpc) is 2.59. The highest BCUT2D eigenvalue weighted by Gasteiger charge is 2.15. The van der Waals surface area contributed by atoms with E-state index in [4.69, 9.17) is 9.47 Å². The molecule has 18 heavy (non-hydrogen) atoms. The van der Waals surface area contributed by atoms with E-state index in [9.17, 15) is 0 Å². The lowest BCUT2D eigenvalue weighted by Gasteiger charge is -2.16. The molecule has 1 rings (SSSR count). The van der Waals surface area contributed by atoms with Gasteiger partial charge in [-0.15, -0.1) is 0 Å². The minimum atomic E-state index is 0.271. The van der Waals surface area contributed by atoms with Crippen LogP contribution >= 0.6 is 15.9 Å². The molecule has 0 fully saturated rings. The Balaban J connectivity index is 2.51. The molecule has 1 N–H and O–H groups in total. The third kappa shape index (κ3) is 4.35.